The lowest BCUT2D eigenvalue weighted by atomic mass is 10.2. The summed E-state index contributed by atoms with van der Waals surface area (Å²) in [7, 11) is 0. The number of carbonyl (C=O) groups excluding carboxylic acids is 1. The summed E-state index contributed by atoms with van der Waals surface area (Å²) in [6.45, 7) is 5.12. The first-order valence-corrected chi connectivity index (χ1v) is 7.34. The maximum absolute atomic E-state index is 12.1. The van der Waals surface area contributed by atoms with Crippen molar-refractivity contribution in [1.29, 1.82) is 0 Å². The smallest absolute Gasteiger partial charge is 0.410 e. The van der Waals surface area contributed by atoms with Crippen molar-refractivity contribution in [2.45, 2.75) is 19.5 Å². The van der Waals surface area contributed by atoms with E-state index in [0.29, 0.717) is 25.3 Å². The molecule has 2 aromatic rings. The Morgan fingerprint density at radius 2 is 2.23 bits per heavy atom. The Hall–Kier alpha value is -2.35. The largest absolute Gasteiger partial charge is 0.447 e. The van der Waals surface area contributed by atoms with Gasteiger partial charge in [-0.25, -0.2) is 14.3 Å². The lowest BCUT2D eigenvalue weighted by Gasteiger charge is -2.35. The summed E-state index contributed by atoms with van der Waals surface area (Å²) in [5.41, 5.74) is 2.18. The molecule has 2 aliphatic heterocycles. The van der Waals surface area contributed by atoms with E-state index in [4.69, 9.17) is 4.74 Å². The van der Waals surface area contributed by atoms with Crippen LogP contribution in [-0.4, -0.2) is 62.8 Å². The molecule has 1 amide bonds. The molecule has 0 aromatic carbocycles. The lowest BCUT2D eigenvalue weighted by Crippen LogP contribution is -2.51. The van der Waals surface area contributed by atoms with Crippen molar-refractivity contribution < 1.29 is 9.53 Å². The number of amides is 1. The van der Waals surface area contributed by atoms with Gasteiger partial charge in [-0.3, -0.25) is 19.7 Å². The molecule has 8 heteroatoms. The summed E-state index contributed by atoms with van der Waals surface area (Å²) in [5.74, 6) is 0. The summed E-state index contributed by atoms with van der Waals surface area (Å²) in [6.07, 6.45) is -0.217. The summed E-state index contributed by atoms with van der Waals surface area (Å²) >= 11 is 0. The SMILES string of the molecule is Cc1cc2nc(CN3CCN4C(=O)OC[C@@H]4C3)cc(=O)n2[nH]1. The molecular weight excluding hydrogens is 286 g/mol. The predicted molar refractivity (Wildman–Crippen MR) is 77.7 cm³/mol. The summed E-state index contributed by atoms with van der Waals surface area (Å²) < 4.78 is 6.51. The highest BCUT2D eigenvalue weighted by molar-refractivity contribution is 5.70. The molecule has 0 aliphatic carbocycles. The fourth-order valence-electron chi connectivity index (χ4n) is 3.17. The molecule has 0 radical (unpaired) electrons. The van der Waals surface area contributed by atoms with Crippen molar-refractivity contribution in [1.82, 2.24) is 24.4 Å². The number of carbonyl (C=O) groups is 1. The third kappa shape index (κ3) is 2.16. The summed E-state index contributed by atoms with van der Waals surface area (Å²) in [6, 6.07) is 3.53. The van der Waals surface area contributed by atoms with E-state index in [0.717, 1.165) is 24.5 Å². The van der Waals surface area contributed by atoms with Crippen molar-refractivity contribution in [3.05, 3.63) is 33.9 Å². The molecule has 1 N–H and O–H groups in total. The van der Waals surface area contributed by atoms with Crippen molar-refractivity contribution >= 4 is 11.7 Å². The highest BCUT2D eigenvalue weighted by Crippen LogP contribution is 2.18. The average molecular weight is 303 g/mol. The van der Waals surface area contributed by atoms with Crippen molar-refractivity contribution in [2.24, 2.45) is 0 Å². The van der Waals surface area contributed by atoms with Crippen LogP contribution in [0, 0.1) is 6.92 Å². The molecule has 8 nitrogen and oxygen atoms in total. The van der Waals surface area contributed by atoms with Crippen molar-refractivity contribution in [2.75, 3.05) is 26.2 Å². The second-order valence-electron chi connectivity index (χ2n) is 5.88. The van der Waals surface area contributed by atoms with Crippen LogP contribution in [0.25, 0.3) is 5.65 Å². The summed E-state index contributed by atoms with van der Waals surface area (Å²) in [4.78, 5) is 32.1. The first kappa shape index (κ1) is 13.3. The Morgan fingerprint density at radius 3 is 3.09 bits per heavy atom. The minimum absolute atomic E-state index is 0.105. The van der Waals surface area contributed by atoms with Gasteiger partial charge in [-0.15, -0.1) is 0 Å². The fourth-order valence-corrected chi connectivity index (χ4v) is 3.17. The molecule has 2 saturated heterocycles. The number of rotatable bonds is 2. The molecule has 0 spiro atoms. The van der Waals surface area contributed by atoms with Crippen LogP contribution in [0.1, 0.15) is 11.4 Å². The topological polar surface area (TPSA) is 82.9 Å². The first-order valence-electron chi connectivity index (χ1n) is 7.34. The Morgan fingerprint density at radius 1 is 1.36 bits per heavy atom. The number of ether oxygens (including phenoxy) is 1. The maximum Gasteiger partial charge on any atom is 0.410 e. The molecule has 4 rings (SSSR count). The van der Waals surface area contributed by atoms with Gasteiger partial charge in [-0.2, -0.15) is 0 Å². The van der Waals surface area contributed by atoms with Crippen molar-refractivity contribution in [3.63, 3.8) is 0 Å². The molecule has 0 unspecified atom stereocenters. The Kier molecular flexibility index (Phi) is 2.93. The third-order valence-electron chi connectivity index (χ3n) is 4.22. The number of piperazine rings is 1. The Labute approximate surface area is 126 Å². The van der Waals surface area contributed by atoms with E-state index in [9.17, 15) is 9.59 Å². The Bertz CT molecular complexity index is 795. The van der Waals surface area contributed by atoms with Crippen LogP contribution in [0.4, 0.5) is 4.79 Å². The average Bonchev–Trinajstić information content (AvgIpc) is 3.02. The van der Waals surface area contributed by atoms with E-state index in [2.05, 4.69) is 15.0 Å². The molecule has 2 aromatic heterocycles. The number of nitrogens with one attached hydrogen (secondary N) is 1. The van der Waals surface area contributed by atoms with Crippen LogP contribution in [0.3, 0.4) is 0 Å². The molecule has 2 aliphatic rings. The fraction of sp³-hybridized carbons (Fsp3) is 0.500. The molecule has 116 valence electrons. The van der Waals surface area contributed by atoms with Gasteiger partial charge in [0.2, 0.25) is 0 Å². The minimum Gasteiger partial charge on any atom is -0.447 e. The van der Waals surface area contributed by atoms with Gasteiger partial charge in [-0.05, 0) is 6.92 Å². The first-order chi connectivity index (χ1) is 10.6. The number of hydrogen-bond acceptors (Lipinski definition) is 5. The van der Waals surface area contributed by atoms with Crippen LogP contribution in [-0.2, 0) is 11.3 Å². The molecule has 0 saturated carbocycles. The van der Waals surface area contributed by atoms with E-state index in [1.165, 1.54) is 4.52 Å². The standard InChI is InChI=1S/C14H17N5O3/c1-9-4-12-15-10(5-13(20)19(12)16-9)6-17-2-3-18-11(7-17)8-22-14(18)21/h4-5,11,16H,2-3,6-8H2,1H3/t11-/m0/s1. The number of H-pyrrole nitrogens is 1. The number of aromatic amines is 1. The zero-order chi connectivity index (χ0) is 15.3. The molecule has 1 atom stereocenters. The monoisotopic (exact) mass is 303 g/mol. The number of hydrogen-bond donors (Lipinski definition) is 1. The number of fused-ring (bicyclic) bond motifs is 2. The molecular formula is C14H17N5O3. The minimum atomic E-state index is -0.217. The number of nitrogens with zero attached hydrogens (tertiary/aromatic N) is 4. The number of cyclic esters (lactones) is 1. The highest BCUT2D eigenvalue weighted by atomic mass is 16.6. The zero-order valence-electron chi connectivity index (χ0n) is 12.3. The molecule has 22 heavy (non-hydrogen) atoms. The highest BCUT2D eigenvalue weighted by Gasteiger charge is 2.37. The quantitative estimate of drug-likeness (QED) is 0.842. The van der Waals surface area contributed by atoms with Gasteiger partial charge in [0, 0.05) is 44.0 Å². The van der Waals surface area contributed by atoms with Gasteiger partial charge in [0.15, 0.2) is 5.65 Å². The van der Waals surface area contributed by atoms with E-state index in [-0.39, 0.29) is 17.7 Å². The van der Waals surface area contributed by atoms with E-state index in [1.807, 2.05) is 13.0 Å². The third-order valence-corrected chi connectivity index (χ3v) is 4.22. The second-order valence-corrected chi connectivity index (χ2v) is 5.88. The molecule has 2 fully saturated rings. The van der Waals surface area contributed by atoms with Gasteiger partial charge < -0.3 is 4.74 Å². The second kappa shape index (κ2) is 4.84. The normalized spacial score (nSPS) is 22.1. The van der Waals surface area contributed by atoms with Crippen LogP contribution in [0.2, 0.25) is 0 Å². The van der Waals surface area contributed by atoms with Crippen LogP contribution in [0.5, 0.6) is 0 Å². The van der Waals surface area contributed by atoms with Gasteiger partial charge >= 0.3 is 6.09 Å². The zero-order valence-corrected chi connectivity index (χ0v) is 12.3. The van der Waals surface area contributed by atoms with Crippen LogP contribution < -0.4 is 5.56 Å². The Balaban J connectivity index is 1.54. The summed E-state index contributed by atoms with van der Waals surface area (Å²) in [5, 5.41) is 2.96. The van der Waals surface area contributed by atoms with Gasteiger partial charge in [-0.1, -0.05) is 0 Å². The maximum atomic E-state index is 12.1. The predicted octanol–water partition coefficient (Wildman–Crippen LogP) is -0.0326. The molecule has 0 bridgehead atoms. The van der Waals surface area contributed by atoms with Crippen molar-refractivity contribution in [3.8, 4) is 0 Å². The number of aromatic nitrogens is 3. The van der Waals surface area contributed by atoms with Crippen LogP contribution >= 0.6 is 0 Å². The van der Waals surface area contributed by atoms with Gasteiger partial charge in [0.1, 0.15) is 6.61 Å². The van der Waals surface area contributed by atoms with E-state index < -0.39 is 0 Å². The number of aryl methyl sites for hydroxylation is 1. The van der Waals surface area contributed by atoms with Gasteiger partial charge in [0.05, 0.1) is 11.7 Å². The van der Waals surface area contributed by atoms with E-state index >= 15 is 0 Å². The molecule has 4 heterocycles. The van der Waals surface area contributed by atoms with E-state index in [1.54, 1.807) is 11.0 Å². The lowest BCUT2D eigenvalue weighted by molar-refractivity contribution is 0.114. The van der Waals surface area contributed by atoms with Crippen LogP contribution in [0.15, 0.2) is 16.9 Å². The van der Waals surface area contributed by atoms with Gasteiger partial charge in [0.25, 0.3) is 5.56 Å².